The minimum Gasteiger partial charge on any atom is -0.395 e. The van der Waals surface area contributed by atoms with E-state index in [-0.39, 0.29) is 6.61 Å². The Morgan fingerprint density at radius 3 is 3.14 bits per heavy atom. The lowest BCUT2D eigenvalue weighted by molar-refractivity contribution is 0.152. The fraction of sp³-hybridized carbons (Fsp3) is 0.600. The van der Waals surface area contributed by atoms with Gasteiger partial charge in [-0.2, -0.15) is 0 Å². The lowest BCUT2D eigenvalue weighted by Gasteiger charge is -2.21. The molecule has 1 fully saturated rings. The first kappa shape index (κ1) is 9.55. The molecular weight excluding hydrogens is 178 g/mol. The number of hydrogen-bond donors (Lipinski definition) is 1. The van der Waals surface area contributed by atoms with Gasteiger partial charge >= 0.3 is 0 Å². The summed E-state index contributed by atoms with van der Waals surface area (Å²) in [6, 6.07) is 0.317. The molecule has 0 amide bonds. The maximum absolute atomic E-state index is 9.14. The van der Waals surface area contributed by atoms with E-state index in [0.717, 1.165) is 25.2 Å². The Morgan fingerprint density at radius 1 is 1.50 bits per heavy atom. The number of aliphatic hydroxyl groups is 1. The lowest BCUT2D eigenvalue weighted by atomic mass is 10.2. The van der Waals surface area contributed by atoms with Gasteiger partial charge < -0.3 is 5.11 Å². The average molecular weight is 193 g/mol. The normalized spacial score (nSPS) is 22.8. The monoisotopic (exact) mass is 193 g/mol. The Labute approximate surface area is 83.6 Å². The van der Waals surface area contributed by atoms with E-state index in [4.69, 9.17) is 5.11 Å². The number of aromatic nitrogens is 2. The fourth-order valence-corrected chi connectivity index (χ4v) is 1.93. The Hall–Kier alpha value is -1.00. The first-order valence-corrected chi connectivity index (χ1v) is 5.00. The van der Waals surface area contributed by atoms with E-state index < -0.39 is 0 Å². The summed E-state index contributed by atoms with van der Waals surface area (Å²) in [5, 5.41) is 9.14. The molecule has 0 aromatic carbocycles. The molecule has 0 bridgehead atoms. The summed E-state index contributed by atoms with van der Waals surface area (Å²) in [6.07, 6.45) is 7.44. The van der Waals surface area contributed by atoms with Gasteiger partial charge in [-0.15, -0.1) is 0 Å². The maximum atomic E-state index is 9.14. The molecule has 2 rings (SSSR count). The van der Waals surface area contributed by atoms with Gasteiger partial charge in [-0.25, -0.2) is 0 Å². The molecule has 14 heavy (non-hydrogen) atoms. The third-order valence-electron chi connectivity index (χ3n) is 2.69. The number of hydrogen-bond acceptors (Lipinski definition) is 4. The largest absolute Gasteiger partial charge is 0.395 e. The topological polar surface area (TPSA) is 49.2 Å². The summed E-state index contributed by atoms with van der Waals surface area (Å²) < 4.78 is 0. The van der Waals surface area contributed by atoms with Gasteiger partial charge in [-0.05, 0) is 19.4 Å². The molecule has 0 saturated carbocycles. The molecule has 4 heteroatoms. The highest BCUT2D eigenvalue weighted by atomic mass is 16.3. The minimum atomic E-state index is 0.250. The van der Waals surface area contributed by atoms with Crippen LogP contribution in [0.4, 0.5) is 0 Å². The molecular formula is C10H15N3O. The Bertz CT molecular complexity index is 278. The summed E-state index contributed by atoms with van der Waals surface area (Å²) in [6.45, 7) is 2.11. The van der Waals surface area contributed by atoms with Crippen molar-refractivity contribution in [2.24, 2.45) is 0 Å². The van der Waals surface area contributed by atoms with E-state index in [1.54, 1.807) is 18.6 Å². The molecule has 1 aliphatic rings. The third kappa shape index (κ3) is 2.08. The van der Waals surface area contributed by atoms with Crippen LogP contribution in [0.5, 0.6) is 0 Å². The van der Waals surface area contributed by atoms with E-state index in [9.17, 15) is 0 Å². The van der Waals surface area contributed by atoms with Gasteiger partial charge in [0.15, 0.2) is 0 Å². The van der Waals surface area contributed by atoms with Gasteiger partial charge in [0, 0.05) is 31.2 Å². The fourth-order valence-electron chi connectivity index (χ4n) is 1.93. The van der Waals surface area contributed by atoms with Crippen LogP contribution in [0.15, 0.2) is 18.6 Å². The van der Waals surface area contributed by atoms with Gasteiger partial charge in [-0.3, -0.25) is 14.9 Å². The SMILES string of the molecule is OCC1CCCN1Cc1cnccn1. The summed E-state index contributed by atoms with van der Waals surface area (Å²) in [7, 11) is 0. The van der Waals surface area contributed by atoms with Crippen LogP contribution in [0.1, 0.15) is 18.5 Å². The molecule has 1 aromatic rings. The van der Waals surface area contributed by atoms with Crippen LogP contribution < -0.4 is 0 Å². The van der Waals surface area contributed by atoms with Crippen molar-refractivity contribution in [3.63, 3.8) is 0 Å². The molecule has 1 aromatic heterocycles. The van der Waals surface area contributed by atoms with E-state index in [2.05, 4.69) is 14.9 Å². The molecule has 4 nitrogen and oxygen atoms in total. The quantitative estimate of drug-likeness (QED) is 0.756. The molecule has 1 saturated heterocycles. The van der Waals surface area contributed by atoms with Crippen molar-refractivity contribution in [3.05, 3.63) is 24.3 Å². The van der Waals surface area contributed by atoms with E-state index >= 15 is 0 Å². The molecule has 0 radical (unpaired) electrons. The highest BCUT2D eigenvalue weighted by Gasteiger charge is 2.23. The molecule has 2 heterocycles. The number of aliphatic hydroxyl groups excluding tert-OH is 1. The second kappa shape index (κ2) is 4.48. The molecule has 1 atom stereocenters. The van der Waals surface area contributed by atoms with Crippen LogP contribution in [-0.4, -0.2) is 39.2 Å². The van der Waals surface area contributed by atoms with E-state index in [1.165, 1.54) is 6.42 Å². The Morgan fingerprint density at radius 2 is 2.43 bits per heavy atom. The second-order valence-corrected chi connectivity index (χ2v) is 3.65. The van der Waals surface area contributed by atoms with Crippen molar-refractivity contribution in [2.75, 3.05) is 13.2 Å². The minimum absolute atomic E-state index is 0.250. The summed E-state index contributed by atoms with van der Waals surface area (Å²) in [4.78, 5) is 10.5. The van der Waals surface area contributed by atoms with E-state index in [1.807, 2.05) is 0 Å². The van der Waals surface area contributed by atoms with Gasteiger partial charge in [0.2, 0.25) is 0 Å². The van der Waals surface area contributed by atoms with Gasteiger partial charge in [0.25, 0.3) is 0 Å². The van der Waals surface area contributed by atoms with Crippen molar-refractivity contribution < 1.29 is 5.11 Å². The molecule has 0 aliphatic carbocycles. The average Bonchev–Trinajstić information content (AvgIpc) is 2.67. The lowest BCUT2D eigenvalue weighted by Crippen LogP contribution is -2.31. The van der Waals surface area contributed by atoms with Crippen molar-refractivity contribution in [1.82, 2.24) is 14.9 Å². The Balaban J connectivity index is 1.97. The molecule has 76 valence electrons. The Kier molecular flexibility index (Phi) is 3.06. The van der Waals surface area contributed by atoms with Crippen molar-refractivity contribution in [3.8, 4) is 0 Å². The van der Waals surface area contributed by atoms with Crippen LogP contribution in [0.25, 0.3) is 0 Å². The predicted molar refractivity (Wildman–Crippen MR) is 52.5 cm³/mol. The smallest absolute Gasteiger partial charge is 0.0726 e. The highest BCUT2D eigenvalue weighted by Crippen LogP contribution is 2.18. The standard InChI is InChI=1S/C10H15N3O/c14-8-10-2-1-5-13(10)7-9-6-11-3-4-12-9/h3-4,6,10,14H,1-2,5,7-8H2. The van der Waals surface area contributed by atoms with Crippen LogP contribution in [0.2, 0.25) is 0 Å². The van der Waals surface area contributed by atoms with Crippen molar-refractivity contribution in [1.29, 1.82) is 0 Å². The number of rotatable bonds is 3. The zero-order valence-corrected chi connectivity index (χ0v) is 8.13. The van der Waals surface area contributed by atoms with Crippen LogP contribution >= 0.6 is 0 Å². The second-order valence-electron chi connectivity index (χ2n) is 3.65. The van der Waals surface area contributed by atoms with Crippen LogP contribution in [-0.2, 0) is 6.54 Å². The van der Waals surface area contributed by atoms with E-state index in [0.29, 0.717) is 6.04 Å². The van der Waals surface area contributed by atoms with Crippen molar-refractivity contribution in [2.45, 2.75) is 25.4 Å². The molecule has 1 N–H and O–H groups in total. The number of nitrogens with zero attached hydrogens (tertiary/aromatic N) is 3. The van der Waals surface area contributed by atoms with Gasteiger partial charge in [0.05, 0.1) is 12.3 Å². The summed E-state index contributed by atoms with van der Waals surface area (Å²) >= 11 is 0. The first-order valence-electron chi connectivity index (χ1n) is 5.00. The van der Waals surface area contributed by atoms with Crippen molar-refractivity contribution >= 4 is 0 Å². The molecule has 1 aliphatic heterocycles. The molecule has 1 unspecified atom stereocenters. The number of likely N-dealkylation sites (tertiary alicyclic amines) is 1. The maximum Gasteiger partial charge on any atom is 0.0726 e. The van der Waals surface area contributed by atoms with Crippen LogP contribution in [0, 0.1) is 0 Å². The van der Waals surface area contributed by atoms with Crippen LogP contribution in [0.3, 0.4) is 0 Å². The van der Waals surface area contributed by atoms with Gasteiger partial charge in [0.1, 0.15) is 0 Å². The summed E-state index contributed by atoms with van der Waals surface area (Å²) in [5.41, 5.74) is 0.979. The predicted octanol–water partition coefficient (Wildman–Crippen LogP) is 0.433. The zero-order chi connectivity index (χ0) is 9.80. The summed E-state index contributed by atoms with van der Waals surface area (Å²) in [5.74, 6) is 0. The molecule has 0 spiro atoms. The van der Waals surface area contributed by atoms with Gasteiger partial charge in [-0.1, -0.05) is 0 Å². The third-order valence-corrected chi connectivity index (χ3v) is 2.69. The first-order chi connectivity index (χ1) is 6.90. The highest BCUT2D eigenvalue weighted by molar-refractivity contribution is 4.96. The zero-order valence-electron chi connectivity index (χ0n) is 8.13.